The number of carbonyl (C=O) groups excluding carboxylic acids is 1. The van der Waals surface area contributed by atoms with Crippen molar-refractivity contribution in [1.29, 1.82) is 0 Å². The maximum atomic E-state index is 12.0. The van der Waals surface area contributed by atoms with Gasteiger partial charge in [0, 0.05) is 24.0 Å². The minimum absolute atomic E-state index is 0.0784. The number of rotatable bonds is 3. The van der Waals surface area contributed by atoms with E-state index in [1.807, 2.05) is 23.7 Å². The van der Waals surface area contributed by atoms with Crippen molar-refractivity contribution in [2.75, 3.05) is 0 Å². The Morgan fingerprint density at radius 1 is 1.50 bits per heavy atom. The first-order valence-corrected chi connectivity index (χ1v) is 7.07. The Balaban J connectivity index is 1.67. The second-order valence-electron chi connectivity index (χ2n) is 4.45. The quantitative estimate of drug-likeness (QED) is 0.920. The summed E-state index contributed by atoms with van der Waals surface area (Å²) >= 11 is 1.65. The van der Waals surface area contributed by atoms with Crippen LogP contribution >= 0.6 is 11.3 Å². The summed E-state index contributed by atoms with van der Waals surface area (Å²) in [6.45, 7) is 1.57. The fourth-order valence-corrected chi connectivity index (χ4v) is 2.84. The highest BCUT2D eigenvalue weighted by atomic mass is 32.1. The number of hydrogen-bond donors (Lipinski definition) is 1. The highest BCUT2D eigenvalue weighted by Crippen LogP contribution is 2.14. The molecular weight excluding hydrogens is 246 g/mol. The summed E-state index contributed by atoms with van der Waals surface area (Å²) in [5, 5.41) is 4.92. The van der Waals surface area contributed by atoms with Crippen molar-refractivity contribution in [3.05, 3.63) is 40.1 Å². The molecule has 1 aliphatic rings. The largest absolute Gasteiger partial charge is 0.346 e. The lowest BCUT2D eigenvalue weighted by Gasteiger charge is -2.11. The molecule has 18 heavy (non-hydrogen) atoms. The van der Waals surface area contributed by atoms with Crippen molar-refractivity contribution in [2.24, 2.45) is 0 Å². The van der Waals surface area contributed by atoms with Gasteiger partial charge in [-0.2, -0.15) is 0 Å². The summed E-state index contributed by atoms with van der Waals surface area (Å²) in [6.07, 6.45) is 5.21. The zero-order valence-electron chi connectivity index (χ0n) is 10.1. The topological polar surface area (TPSA) is 46.9 Å². The Morgan fingerprint density at radius 3 is 3.22 bits per heavy atom. The molecule has 94 valence electrons. The fraction of sp³-hybridized carbons (Fsp3) is 0.385. The van der Waals surface area contributed by atoms with Crippen LogP contribution in [0.5, 0.6) is 0 Å². The number of aromatic nitrogens is 2. The molecule has 0 aliphatic carbocycles. The van der Waals surface area contributed by atoms with Crippen LogP contribution in [0.25, 0.3) is 0 Å². The summed E-state index contributed by atoms with van der Waals surface area (Å²) in [7, 11) is 0. The van der Waals surface area contributed by atoms with E-state index in [0.29, 0.717) is 12.2 Å². The number of imidazole rings is 1. The lowest BCUT2D eigenvalue weighted by atomic mass is 10.2. The Kier molecular flexibility index (Phi) is 3.15. The Morgan fingerprint density at radius 2 is 2.44 bits per heavy atom. The highest BCUT2D eigenvalue weighted by molar-refractivity contribution is 7.09. The summed E-state index contributed by atoms with van der Waals surface area (Å²) in [4.78, 5) is 17.5. The third kappa shape index (κ3) is 2.31. The minimum atomic E-state index is -0.0784. The smallest absolute Gasteiger partial charge is 0.271 e. The molecule has 0 radical (unpaired) electrons. The minimum Gasteiger partial charge on any atom is -0.346 e. The van der Waals surface area contributed by atoms with E-state index in [1.54, 1.807) is 11.3 Å². The van der Waals surface area contributed by atoms with Crippen molar-refractivity contribution < 1.29 is 4.79 Å². The fourth-order valence-electron chi connectivity index (χ4n) is 2.19. The maximum absolute atomic E-state index is 12.0. The third-order valence-electron chi connectivity index (χ3n) is 3.14. The van der Waals surface area contributed by atoms with Gasteiger partial charge in [0.25, 0.3) is 5.91 Å². The van der Waals surface area contributed by atoms with Crippen molar-refractivity contribution in [3.8, 4) is 0 Å². The molecule has 0 saturated heterocycles. The van der Waals surface area contributed by atoms with Crippen LogP contribution in [0.2, 0.25) is 0 Å². The molecule has 0 atom stereocenters. The number of aryl methyl sites for hydroxylation is 2. The molecule has 1 aliphatic heterocycles. The van der Waals surface area contributed by atoms with Gasteiger partial charge in [-0.1, -0.05) is 6.07 Å². The van der Waals surface area contributed by atoms with Crippen molar-refractivity contribution in [3.63, 3.8) is 0 Å². The average Bonchev–Trinajstić information content (AvgIpc) is 3.04. The molecule has 1 N–H and O–H groups in total. The first-order chi connectivity index (χ1) is 8.83. The van der Waals surface area contributed by atoms with Crippen LogP contribution in [0, 0.1) is 0 Å². The monoisotopic (exact) mass is 261 g/mol. The van der Waals surface area contributed by atoms with Crippen LogP contribution in [-0.4, -0.2) is 15.5 Å². The van der Waals surface area contributed by atoms with Gasteiger partial charge in [-0.15, -0.1) is 11.3 Å². The van der Waals surface area contributed by atoms with E-state index in [4.69, 9.17) is 0 Å². The molecule has 2 aromatic rings. The summed E-state index contributed by atoms with van der Waals surface area (Å²) < 4.78 is 2.10. The molecule has 0 spiro atoms. The molecule has 5 heteroatoms. The van der Waals surface area contributed by atoms with Gasteiger partial charge in [0.1, 0.15) is 11.5 Å². The number of fused-ring (bicyclic) bond motifs is 1. The zero-order valence-corrected chi connectivity index (χ0v) is 10.9. The normalized spacial score (nSPS) is 14.2. The predicted molar refractivity (Wildman–Crippen MR) is 70.7 cm³/mol. The number of nitrogens with zero attached hydrogens (tertiary/aromatic N) is 2. The van der Waals surface area contributed by atoms with Crippen LogP contribution in [0.4, 0.5) is 0 Å². The molecule has 0 saturated carbocycles. The molecule has 0 aromatic carbocycles. The maximum Gasteiger partial charge on any atom is 0.271 e. The first kappa shape index (κ1) is 11.5. The Hall–Kier alpha value is -1.62. The van der Waals surface area contributed by atoms with E-state index in [-0.39, 0.29) is 5.91 Å². The van der Waals surface area contributed by atoms with E-state index in [2.05, 4.69) is 14.9 Å². The number of hydrogen-bond acceptors (Lipinski definition) is 3. The molecule has 0 bridgehead atoms. The van der Waals surface area contributed by atoms with Gasteiger partial charge in [0.05, 0.1) is 6.54 Å². The van der Waals surface area contributed by atoms with Crippen molar-refractivity contribution >= 4 is 17.2 Å². The lowest BCUT2D eigenvalue weighted by molar-refractivity contribution is 0.0946. The highest BCUT2D eigenvalue weighted by Gasteiger charge is 2.16. The van der Waals surface area contributed by atoms with Crippen LogP contribution in [-0.2, 0) is 19.5 Å². The van der Waals surface area contributed by atoms with E-state index < -0.39 is 0 Å². The van der Waals surface area contributed by atoms with Crippen molar-refractivity contribution in [1.82, 2.24) is 14.9 Å². The second kappa shape index (κ2) is 4.94. The van der Waals surface area contributed by atoms with Crippen LogP contribution in [0.3, 0.4) is 0 Å². The van der Waals surface area contributed by atoms with E-state index in [1.165, 1.54) is 12.8 Å². The Labute approximate surface area is 110 Å². The third-order valence-corrected chi connectivity index (χ3v) is 4.02. The second-order valence-corrected chi connectivity index (χ2v) is 5.49. The van der Waals surface area contributed by atoms with Gasteiger partial charge >= 0.3 is 0 Å². The summed E-state index contributed by atoms with van der Waals surface area (Å²) in [5.74, 6) is 0.966. The summed E-state index contributed by atoms with van der Waals surface area (Å²) in [5.41, 5.74) is 0.545. The molecule has 0 fully saturated rings. The predicted octanol–water partition coefficient (Wildman–Crippen LogP) is 2.21. The molecule has 1 amide bonds. The van der Waals surface area contributed by atoms with Gasteiger partial charge in [-0.3, -0.25) is 4.79 Å². The molecule has 0 unspecified atom stereocenters. The molecule has 4 nitrogen and oxygen atoms in total. The lowest BCUT2D eigenvalue weighted by Crippen LogP contribution is -2.22. The zero-order chi connectivity index (χ0) is 12.4. The standard InChI is InChI=1S/C13H15N3OS/c17-13(14-8-10-4-3-7-18-10)11-9-16-6-2-1-5-12(16)15-11/h3-4,7,9H,1-2,5-6,8H2,(H,14,17). The first-order valence-electron chi connectivity index (χ1n) is 6.19. The SMILES string of the molecule is O=C(NCc1cccs1)c1cn2c(n1)CCCC2. The van der Waals surface area contributed by atoms with E-state index in [0.717, 1.165) is 23.7 Å². The van der Waals surface area contributed by atoms with E-state index in [9.17, 15) is 4.79 Å². The molecular formula is C13H15N3OS. The van der Waals surface area contributed by atoms with Crippen LogP contribution < -0.4 is 5.32 Å². The van der Waals surface area contributed by atoms with Gasteiger partial charge in [-0.25, -0.2) is 4.98 Å². The number of amides is 1. The molecule has 3 heterocycles. The summed E-state index contributed by atoms with van der Waals surface area (Å²) in [6, 6.07) is 4.00. The average molecular weight is 261 g/mol. The Bertz CT molecular complexity index is 521. The van der Waals surface area contributed by atoms with Crippen LogP contribution in [0.15, 0.2) is 23.7 Å². The number of nitrogens with one attached hydrogen (secondary N) is 1. The van der Waals surface area contributed by atoms with E-state index >= 15 is 0 Å². The van der Waals surface area contributed by atoms with Gasteiger partial charge in [-0.05, 0) is 24.3 Å². The van der Waals surface area contributed by atoms with Gasteiger partial charge in [0.2, 0.25) is 0 Å². The van der Waals surface area contributed by atoms with Gasteiger partial charge < -0.3 is 9.88 Å². The molecule has 3 rings (SSSR count). The number of carbonyl (C=O) groups is 1. The number of thiophene rings is 1. The van der Waals surface area contributed by atoms with Gasteiger partial charge in [0.15, 0.2) is 0 Å². The molecule has 2 aromatic heterocycles. The van der Waals surface area contributed by atoms with Crippen LogP contribution in [0.1, 0.15) is 34.0 Å². The van der Waals surface area contributed by atoms with Crippen molar-refractivity contribution in [2.45, 2.75) is 32.4 Å².